The molecule has 2 aliphatic rings. The molecule has 2 atom stereocenters. The van der Waals surface area contributed by atoms with Crippen molar-refractivity contribution in [2.45, 2.75) is 70.1 Å². The lowest BCUT2D eigenvalue weighted by molar-refractivity contribution is 0.196. The van der Waals surface area contributed by atoms with Crippen molar-refractivity contribution in [3.05, 3.63) is 35.9 Å². The van der Waals surface area contributed by atoms with Crippen molar-refractivity contribution in [1.29, 1.82) is 0 Å². The molecule has 0 heterocycles. The molecule has 0 spiro atoms. The van der Waals surface area contributed by atoms with Gasteiger partial charge in [-0.2, -0.15) is 4.89 Å². The highest BCUT2D eigenvalue weighted by Gasteiger charge is 2.27. The molecular formula is C19H30O3P+. The van der Waals surface area contributed by atoms with Crippen molar-refractivity contribution in [3.63, 3.8) is 0 Å². The van der Waals surface area contributed by atoms with Crippen molar-refractivity contribution < 1.29 is 14.6 Å². The highest BCUT2D eigenvalue weighted by molar-refractivity contribution is 7.38. The number of aliphatic hydroxyl groups excluding tert-OH is 1. The third-order valence-electron chi connectivity index (χ3n) is 5.27. The van der Waals surface area contributed by atoms with E-state index >= 15 is 0 Å². The van der Waals surface area contributed by atoms with Crippen LogP contribution in [0.3, 0.4) is 0 Å². The lowest BCUT2D eigenvalue weighted by Gasteiger charge is -2.32. The Morgan fingerprint density at radius 1 is 0.826 bits per heavy atom. The SMILES string of the molecule is C1CCC(C2CCCCC2)CC1.O=[P+](O)C(O)c1ccccc1. The van der Waals surface area contributed by atoms with Crippen LogP contribution < -0.4 is 0 Å². The summed E-state index contributed by atoms with van der Waals surface area (Å²) in [5.74, 6) is 1.02. The zero-order valence-corrected chi connectivity index (χ0v) is 14.8. The molecule has 0 aliphatic heterocycles. The zero-order valence-electron chi connectivity index (χ0n) is 13.9. The van der Waals surface area contributed by atoms with Gasteiger partial charge >= 0.3 is 13.9 Å². The maximum atomic E-state index is 10.4. The van der Waals surface area contributed by atoms with E-state index in [9.17, 15) is 4.57 Å². The van der Waals surface area contributed by atoms with E-state index in [0.29, 0.717) is 5.56 Å². The number of hydrogen-bond acceptors (Lipinski definition) is 2. The van der Waals surface area contributed by atoms with Crippen LogP contribution in [0.5, 0.6) is 0 Å². The molecule has 1 aromatic carbocycles. The molecule has 128 valence electrons. The second kappa shape index (κ2) is 10.2. The van der Waals surface area contributed by atoms with E-state index in [1.165, 1.54) is 38.5 Å². The second-order valence-corrected chi connectivity index (χ2v) is 7.98. The second-order valence-electron chi connectivity index (χ2n) is 6.88. The van der Waals surface area contributed by atoms with Gasteiger partial charge < -0.3 is 5.11 Å². The van der Waals surface area contributed by atoms with Gasteiger partial charge in [-0.25, -0.2) is 0 Å². The van der Waals surface area contributed by atoms with Crippen LogP contribution in [0.1, 0.15) is 75.6 Å². The van der Waals surface area contributed by atoms with Crippen molar-refractivity contribution >= 4 is 8.03 Å². The molecule has 1 aromatic rings. The van der Waals surface area contributed by atoms with Crippen molar-refractivity contribution in [2.75, 3.05) is 0 Å². The predicted octanol–water partition coefficient (Wildman–Crippen LogP) is 5.56. The third kappa shape index (κ3) is 6.33. The van der Waals surface area contributed by atoms with Gasteiger partial charge in [-0.3, -0.25) is 0 Å². The van der Waals surface area contributed by atoms with E-state index in [2.05, 4.69) is 0 Å². The molecule has 2 N–H and O–H groups in total. The van der Waals surface area contributed by atoms with Gasteiger partial charge in [0.1, 0.15) is 0 Å². The molecule has 2 saturated carbocycles. The van der Waals surface area contributed by atoms with Crippen LogP contribution in [0.2, 0.25) is 0 Å². The summed E-state index contributed by atoms with van der Waals surface area (Å²) in [6, 6.07) is 8.40. The molecule has 0 radical (unpaired) electrons. The first-order valence-electron chi connectivity index (χ1n) is 9.06. The highest BCUT2D eigenvalue weighted by atomic mass is 31.1. The Morgan fingerprint density at radius 3 is 1.65 bits per heavy atom. The van der Waals surface area contributed by atoms with Gasteiger partial charge in [-0.1, -0.05) is 94.5 Å². The Morgan fingerprint density at radius 2 is 1.26 bits per heavy atom. The fraction of sp³-hybridized carbons (Fsp3) is 0.684. The van der Waals surface area contributed by atoms with Crippen LogP contribution in [-0.4, -0.2) is 10.00 Å². The van der Waals surface area contributed by atoms with Gasteiger partial charge in [-0.05, 0) is 16.4 Å². The minimum Gasteiger partial charge on any atom is -0.345 e. The van der Waals surface area contributed by atoms with Crippen LogP contribution >= 0.6 is 8.03 Å². The summed E-state index contributed by atoms with van der Waals surface area (Å²) in [6.45, 7) is 0. The lowest BCUT2D eigenvalue weighted by atomic mass is 9.73. The van der Waals surface area contributed by atoms with Gasteiger partial charge in [0.25, 0.3) is 0 Å². The summed E-state index contributed by atoms with van der Waals surface area (Å²) >= 11 is 0. The minimum atomic E-state index is -2.53. The molecule has 2 aliphatic carbocycles. The molecule has 0 aromatic heterocycles. The van der Waals surface area contributed by atoms with E-state index in [-0.39, 0.29) is 0 Å². The Hall–Kier alpha value is -0.760. The van der Waals surface area contributed by atoms with Crippen LogP contribution in [0.15, 0.2) is 30.3 Å². The molecule has 0 saturated heterocycles. The summed E-state index contributed by atoms with van der Waals surface area (Å²) in [5, 5.41) is 9.06. The number of hydrogen-bond donors (Lipinski definition) is 2. The van der Waals surface area contributed by atoms with Crippen LogP contribution in [-0.2, 0) is 4.57 Å². The molecular weight excluding hydrogens is 307 g/mol. The fourth-order valence-electron chi connectivity index (χ4n) is 3.96. The molecule has 2 fully saturated rings. The van der Waals surface area contributed by atoms with Crippen molar-refractivity contribution in [2.24, 2.45) is 11.8 Å². The van der Waals surface area contributed by atoms with Gasteiger partial charge in [-0.15, -0.1) is 0 Å². The van der Waals surface area contributed by atoms with Gasteiger partial charge in [0.05, 0.1) is 0 Å². The molecule has 2 unspecified atom stereocenters. The summed E-state index contributed by atoms with van der Waals surface area (Å²) in [4.78, 5) is 8.53. The summed E-state index contributed by atoms with van der Waals surface area (Å²) < 4.78 is 10.4. The first-order chi connectivity index (χ1) is 11.2. The first-order valence-corrected chi connectivity index (χ1v) is 10.3. The minimum absolute atomic E-state index is 0.469. The Balaban J connectivity index is 0.000000168. The number of benzene rings is 1. The topological polar surface area (TPSA) is 57.5 Å². The summed E-state index contributed by atoms with van der Waals surface area (Å²) in [6.07, 6.45) is 15.4. The van der Waals surface area contributed by atoms with E-state index in [1.807, 2.05) is 0 Å². The number of aliphatic hydroxyl groups is 1. The highest BCUT2D eigenvalue weighted by Crippen LogP contribution is 2.38. The molecule has 0 bridgehead atoms. The third-order valence-corrected chi connectivity index (χ3v) is 5.99. The summed E-state index contributed by atoms with van der Waals surface area (Å²) in [5.41, 5.74) is 0.469. The van der Waals surface area contributed by atoms with Gasteiger partial charge in [0, 0.05) is 5.56 Å². The van der Waals surface area contributed by atoms with E-state index < -0.39 is 13.9 Å². The number of rotatable bonds is 3. The maximum absolute atomic E-state index is 10.4. The Labute approximate surface area is 141 Å². The maximum Gasteiger partial charge on any atom is 0.542 e. The Kier molecular flexibility index (Phi) is 8.22. The average Bonchev–Trinajstić information content (AvgIpc) is 2.64. The van der Waals surface area contributed by atoms with Crippen molar-refractivity contribution in [3.8, 4) is 0 Å². The van der Waals surface area contributed by atoms with Crippen LogP contribution in [0.4, 0.5) is 0 Å². The fourth-order valence-corrected chi connectivity index (χ4v) is 4.39. The molecule has 0 amide bonds. The Bertz CT molecular complexity index is 435. The smallest absolute Gasteiger partial charge is 0.345 e. The molecule has 3 nitrogen and oxygen atoms in total. The van der Waals surface area contributed by atoms with Gasteiger partial charge in [0.15, 0.2) is 0 Å². The largest absolute Gasteiger partial charge is 0.542 e. The van der Waals surface area contributed by atoms with E-state index in [1.54, 1.807) is 56.0 Å². The summed E-state index contributed by atoms with van der Waals surface area (Å²) in [7, 11) is -2.53. The molecule has 4 heteroatoms. The standard InChI is InChI=1S/C12H22.C7H7O3P/c1-3-7-11(8-4-1)12-9-5-2-6-10-12;8-7(11(9)10)6-4-2-1-3-5-6/h11-12H,1-10H2;1-5,7-8H/p+1. The average molecular weight is 337 g/mol. The molecule has 3 rings (SSSR count). The monoisotopic (exact) mass is 337 g/mol. The zero-order chi connectivity index (χ0) is 16.5. The van der Waals surface area contributed by atoms with Crippen LogP contribution in [0, 0.1) is 11.8 Å². The predicted molar refractivity (Wildman–Crippen MR) is 94.4 cm³/mol. The normalized spacial score (nSPS) is 21.9. The quantitative estimate of drug-likeness (QED) is 0.710. The van der Waals surface area contributed by atoms with E-state index in [0.717, 1.165) is 11.8 Å². The van der Waals surface area contributed by atoms with Crippen molar-refractivity contribution in [1.82, 2.24) is 0 Å². The van der Waals surface area contributed by atoms with Crippen LogP contribution in [0.25, 0.3) is 0 Å². The molecule has 23 heavy (non-hydrogen) atoms. The van der Waals surface area contributed by atoms with Gasteiger partial charge in [0.2, 0.25) is 0 Å². The van der Waals surface area contributed by atoms with E-state index in [4.69, 9.17) is 10.00 Å². The first kappa shape index (κ1) is 18.6. The lowest BCUT2D eigenvalue weighted by Crippen LogP contribution is -2.20.